The van der Waals surface area contributed by atoms with Crippen molar-refractivity contribution in [2.75, 3.05) is 13.2 Å². The van der Waals surface area contributed by atoms with Gasteiger partial charge in [0.25, 0.3) is 0 Å². The summed E-state index contributed by atoms with van der Waals surface area (Å²) in [5, 5.41) is 0. The van der Waals surface area contributed by atoms with Gasteiger partial charge in [0.2, 0.25) is 0 Å². The average Bonchev–Trinajstić information content (AvgIpc) is 2.65. The Morgan fingerprint density at radius 1 is 0.840 bits per heavy atom. The van der Waals surface area contributed by atoms with Crippen molar-refractivity contribution >= 4 is 5.97 Å². The van der Waals surface area contributed by atoms with Gasteiger partial charge in [0, 0.05) is 6.42 Å². The summed E-state index contributed by atoms with van der Waals surface area (Å²) in [4.78, 5) is 11.2. The van der Waals surface area contributed by atoms with E-state index < -0.39 is 0 Å². The van der Waals surface area contributed by atoms with Gasteiger partial charge in [-0.1, -0.05) is 30.3 Å². The molecule has 25 heavy (non-hydrogen) atoms. The fourth-order valence-electron chi connectivity index (χ4n) is 2.34. The van der Waals surface area contributed by atoms with Gasteiger partial charge in [0.1, 0.15) is 18.1 Å². The van der Waals surface area contributed by atoms with Crippen LogP contribution in [0.3, 0.4) is 0 Å². The minimum Gasteiger partial charge on any atom is -0.494 e. The van der Waals surface area contributed by atoms with E-state index in [4.69, 9.17) is 14.2 Å². The molecular weight excluding hydrogens is 316 g/mol. The Morgan fingerprint density at radius 3 is 2.20 bits per heavy atom. The number of carbonyl (C=O) groups is 1. The van der Waals surface area contributed by atoms with Gasteiger partial charge in [-0.05, 0) is 56.0 Å². The molecule has 0 heterocycles. The third-order valence-electron chi connectivity index (χ3n) is 3.67. The Bertz CT molecular complexity index is 608. The van der Waals surface area contributed by atoms with Crippen molar-refractivity contribution in [1.29, 1.82) is 0 Å². The summed E-state index contributed by atoms with van der Waals surface area (Å²) in [7, 11) is 0. The second-order valence-corrected chi connectivity index (χ2v) is 5.71. The van der Waals surface area contributed by atoms with Crippen LogP contribution >= 0.6 is 0 Å². The lowest BCUT2D eigenvalue weighted by Crippen LogP contribution is -2.04. The zero-order chi connectivity index (χ0) is 17.7. The van der Waals surface area contributed by atoms with Crippen LogP contribution in [-0.4, -0.2) is 19.2 Å². The van der Waals surface area contributed by atoms with Gasteiger partial charge in [-0.3, -0.25) is 4.79 Å². The lowest BCUT2D eigenvalue weighted by molar-refractivity contribution is -0.143. The number of hydrogen-bond donors (Lipinski definition) is 0. The van der Waals surface area contributed by atoms with Gasteiger partial charge in [-0.15, -0.1) is 0 Å². The van der Waals surface area contributed by atoms with Crippen LogP contribution in [0.5, 0.6) is 11.5 Å². The van der Waals surface area contributed by atoms with E-state index in [9.17, 15) is 4.79 Å². The van der Waals surface area contributed by atoms with Crippen LogP contribution in [0.4, 0.5) is 0 Å². The van der Waals surface area contributed by atoms with Crippen LogP contribution in [0, 0.1) is 0 Å². The topological polar surface area (TPSA) is 44.8 Å². The van der Waals surface area contributed by atoms with E-state index in [-0.39, 0.29) is 5.97 Å². The summed E-state index contributed by atoms with van der Waals surface area (Å²) in [6.07, 6.45) is 3.21. The Kier molecular flexibility index (Phi) is 8.39. The van der Waals surface area contributed by atoms with Crippen molar-refractivity contribution in [2.24, 2.45) is 0 Å². The van der Waals surface area contributed by atoms with Crippen LogP contribution in [0.1, 0.15) is 38.2 Å². The standard InChI is InChI=1S/C21H26O4/c1-2-23-21(22)11-7-4-8-16-24-19-12-14-20(15-13-19)25-17-18-9-5-3-6-10-18/h3,5-6,9-10,12-15H,2,4,7-8,11,16-17H2,1H3. The third kappa shape index (κ3) is 7.75. The molecule has 4 heteroatoms. The zero-order valence-corrected chi connectivity index (χ0v) is 14.8. The molecule has 0 spiro atoms. The Labute approximate surface area is 149 Å². The molecule has 0 aliphatic rings. The summed E-state index contributed by atoms with van der Waals surface area (Å²) in [5.41, 5.74) is 1.14. The molecule has 0 fully saturated rings. The molecule has 0 aliphatic carbocycles. The largest absolute Gasteiger partial charge is 0.494 e. The van der Waals surface area contributed by atoms with Crippen LogP contribution < -0.4 is 9.47 Å². The van der Waals surface area contributed by atoms with Gasteiger partial charge in [0.05, 0.1) is 13.2 Å². The molecule has 0 radical (unpaired) electrons. The zero-order valence-electron chi connectivity index (χ0n) is 14.8. The number of hydrogen-bond acceptors (Lipinski definition) is 4. The molecule has 4 nitrogen and oxygen atoms in total. The van der Waals surface area contributed by atoms with Gasteiger partial charge >= 0.3 is 5.97 Å². The number of rotatable bonds is 11. The molecule has 0 atom stereocenters. The average molecular weight is 342 g/mol. The lowest BCUT2D eigenvalue weighted by Gasteiger charge is -2.09. The molecule has 0 N–H and O–H groups in total. The van der Waals surface area contributed by atoms with Crippen LogP contribution in [0.25, 0.3) is 0 Å². The van der Waals surface area contributed by atoms with E-state index in [0.717, 1.165) is 36.3 Å². The second kappa shape index (κ2) is 11.1. The molecule has 2 rings (SSSR count). The maximum Gasteiger partial charge on any atom is 0.305 e. The first-order chi connectivity index (χ1) is 12.3. The molecule has 0 saturated carbocycles. The van der Waals surface area contributed by atoms with E-state index in [1.165, 1.54) is 0 Å². The van der Waals surface area contributed by atoms with Crippen LogP contribution in [0.15, 0.2) is 54.6 Å². The van der Waals surface area contributed by atoms with Crippen molar-refractivity contribution in [3.8, 4) is 11.5 Å². The SMILES string of the molecule is CCOC(=O)CCCCCOc1ccc(OCc2ccccc2)cc1. The van der Waals surface area contributed by atoms with Crippen molar-refractivity contribution in [2.45, 2.75) is 39.2 Å². The Morgan fingerprint density at radius 2 is 1.52 bits per heavy atom. The van der Waals surface area contributed by atoms with Gasteiger partial charge in [-0.25, -0.2) is 0 Å². The van der Waals surface area contributed by atoms with Crippen molar-refractivity contribution in [3.63, 3.8) is 0 Å². The first-order valence-electron chi connectivity index (χ1n) is 8.83. The van der Waals surface area contributed by atoms with Gasteiger partial charge in [-0.2, -0.15) is 0 Å². The van der Waals surface area contributed by atoms with Crippen molar-refractivity contribution in [1.82, 2.24) is 0 Å². The summed E-state index contributed by atoms with van der Waals surface area (Å²) in [6, 6.07) is 17.7. The molecule has 0 aromatic heterocycles. The summed E-state index contributed by atoms with van der Waals surface area (Å²) < 4.78 is 16.3. The third-order valence-corrected chi connectivity index (χ3v) is 3.67. The maximum atomic E-state index is 11.2. The first kappa shape index (κ1) is 18.8. The summed E-state index contributed by atoms with van der Waals surface area (Å²) in [6.45, 7) is 3.48. The quantitative estimate of drug-likeness (QED) is 0.436. The van der Waals surface area contributed by atoms with Gasteiger partial charge < -0.3 is 14.2 Å². The fraction of sp³-hybridized carbons (Fsp3) is 0.381. The van der Waals surface area contributed by atoms with Gasteiger partial charge in [0.15, 0.2) is 0 Å². The highest BCUT2D eigenvalue weighted by atomic mass is 16.5. The number of unbranched alkanes of at least 4 members (excludes halogenated alkanes) is 2. The molecule has 0 aliphatic heterocycles. The predicted octanol–water partition coefficient (Wildman–Crippen LogP) is 4.77. The van der Waals surface area contributed by atoms with Crippen LogP contribution in [-0.2, 0) is 16.1 Å². The molecule has 2 aromatic carbocycles. The first-order valence-corrected chi connectivity index (χ1v) is 8.83. The molecule has 0 unspecified atom stereocenters. The predicted molar refractivity (Wildman–Crippen MR) is 97.8 cm³/mol. The van der Waals surface area contributed by atoms with E-state index in [1.54, 1.807) is 0 Å². The minimum absolute atomic E-state index is 0.116. The Hall–Kier alpha value is -2.49. The molecule has 2 aromatic rings. The number of ether oxygens (including phenoxy) is 3. The van der Waals surface area contributed by atoms with E-state index in [1.807, 2.05) is 61.5 Å². The molecular formula is C21H26O4. The maximum absolute atomic E-state index is 11.2. The molecule has 0 amide bonds. The number of benzene rings is 2. The highest BCUT2D eigenvalue weighted by Crippen LogP contribution is 2.19. The molecule has 0 bridgehead atoms. The smallest absolute Gasteiger partial charge is 0.305 e. The molecule has 134 valence electrons. The van der Waals surface area contributed by atoms with Crippen molar-refractivity contribution < 1.29 is 19.0 Å². The summed E-state index contributed by atoms with van der Waals surface area (Å²) in [5.74, 6) is 1.54. The van der Waals surface area contributed by atoms with Crippen molar-refractivity contribution in [3.05, 3.63) is 60.2 Å². The highest BCUT2D eigenvalue weighted by molar-refractivity contribution is 5.69. The lowest BCUT2D eigenvalue weighted by atomic mass is 10.2. The second-order valence-electron chi connectivity index (χ2n) is 5.71. The fourth-order valence-corrected chi connectivity index (χ4v) is 2.34. The summed E-state index contributed by atoms with van der Waals surface area (Å²) >= 11 is 0. The number of esters is 1. The van der Waals surface area contributed by atoms with Crippen LogP contribution in [0.2, 0.25) is 0 Å². The van der Waals surface area contributed by atoms with E-state index in [2.05, 4.69) is 0 Å². The number of carbonyl (C=O) groups excluding carboxylic acids is 1. The normalized spacial score (nSPS) is 10.3. The molecule has 0 saturated heterocycles. The van der Waals surface area contributed by atoms with E-state index >= 15 is 0 Å². The minimum atomic E-state index is -0.116. The Balaban J connectivity index is 1.59. The highest BCUT2D eigenvalue weighted by Gasteiger charge is 2.01. The van der Waals surface area contributed by atoms with E-state index in [0.29, 0.717) is 26.2 Å². The monoisotopic (exact) mass is 342 g/mol.